The lowest BCUT2D eigenvalue weighted by molar-refractivity contribution is 0.343. The third-order valence-corrected chi connectivity index (χ3v) is 2.69. The summed E-state index contributed by atoms with van der Waals surface area (Å²) in [6.45, 7) is 0.0211. The van der Waals surface area contributed by atoms with Crippen molar-refractivity contribution in [2.75, 3.05) is 13.7 Å². The molecule has 0 amide bonds. The zero-order valence-corrected chi connectivity index (χ0v) is 10.8. The first-order valence-corrected chi connectivity index (χ1v) is 5.58. The minimum Gasteiger partial charge on any atom is -0.495 e. The third-order valence-electron chi connectivity index (χ3n) is 1.64. The molecule has 1 aromatic carbocycles. The minimum absolute atomic E-state index is 0.0211. The topological polar surface area (TPSA) is 29.5 Å². The molecule has 0 aliphatic heterocycles. The number of methoxy groups -OCH3 is 1. The summed E-state index contributed by atoms with van der Waals surface area (Å²) in [6, 6.07) is 3.84. The van der Waals surface area contributed by atoms with Gasteiger partial charge in [0.05, 0.1) is 18.2 Å². The zero-order valence-electron chi connectivity index (χ0n) is 7.63. The molecule has 1 N–H and O–H groups in total. The maximum absolute atomic E-state index is 8.68. The molecule has 0 bridgehead atoms. The molecule has 1 aromatic rings. The summed E-state index contributed by atoms with van der Waals surface area (Å²) in [4.78, 5) is 0. The van der Waals surface area contributed by atoms with Gasteiger partial charge in [-0.05, 0) is 28.1 Å². The maximum Gasteiger partial charge on any atom is 0.140 e. The highest BCUT2D eigenvalue weighted by Gasteiger charge is 2.06. The third kappa shape index (κ3) is 2.83. The standard InChI is InChI=1S/C10H10Br2O2/c1-14-10-7(3-2-4-13)5-8(11)6-9(10)12/h2-3,5-6,13H,4H2,1H3. The Kier molecular flexibility index (Phi) is 4.65. The average molecular weight is 322 g/mol. The quantitative estimate of drug-likeness (QED) is 0.926. The van der Waals surface area contributed by atoms with Crippen LogP contribution in [0.15, 0.2) is 27.2 Å². The largest absolute Gasteiger partial charge is 0.495 e. The minimum atomic E-state index is 0.0211. The molecule has 14 heavy (non-hydrogen) atoms. The van der Waals surface area contributed by atoms with Crippen LogP contribution in [0.3, 0.4) is 0 Å². The molecule has 0 aliphatic rings. The molecule has 2 nitrogen and oxygen atoms in total. The van der Waals surface area contributed by atoms with Crippen LogP contribution in [0.5, 0.6) is 5.75 Å². The lowest BCUT2D eigenvalue weighted by Gasteiger charge is -2.07. The molecule has 0 fully saturated rings. The Morgan fingerprint density at radius 3 is 2.71 bits per heavy atom. The van der Waals surface area contributed by atoms with Gasteiger partial charge in [-0.3, -0.25) is 0 Å². The Morgan fingerprint density at radius 2 is 2.14 bits per heavy atom. The molecule has 4 heteroatoms. The number of aliphatic hydroxyl groups excluding tert-OH is 1. The molecular weight excluding hydrogens is 312 g/mol. The summed E-state index contributed by atoms with van der Waals surface area (Å²) in [5, 5.41) is 8.68. The fourth-order valence-electron chi connectivity index (χ4n) is 1.10. The van der Waals surface area contributed by atoms with Crippen molar-refractivity contribution in [3.05, 3.63) is 32.7 Å². The lowest BCUT2D eigenvalue weighted by Crippen LogP contribution is -1.89. The normalized spacial score (nSPS) is 10.9. The SMILES string of the molecule is COc1c(Br)cc(Br)cc1C=CCO. The lowest BCUT2D eigenvalue weighted by atomic mass is 10.2. The Hall–Kier alpha value is -0.320. The maximum atomic E-state index is 8.68. The average Bonchev–Trinajstić information content (AvgIpc) is 2.14. The molecular formula is C10H10Br2O2. The van der Waals surface area contributed by atoms with Crippen molar-refractivity contribution in [2.45, 2.75) is 0 Å². The van der Waals surface area contributed by atoms with Crippen LogP contribution in [-0.4, -0.2) is 18.8 Å². The predicted molar refractivity (Wildman–Crippen MR) is 64.5 cm³/mol. The van der Waals surface area contributed by atoms with Gasteiger partial charge < -0.3 is 9.84 Å². The van der Waals surface area contributed by atoms with Crippen LogP contribution in [-0.2, 0) is 0 Å². The second-order valence-corrected chi connectivity index (χ2v) is 4.37. The van der Waals surface area contributed by atoms with Gasteiger partial charge in [-0.2, -0.15) is 0 Å². The van der Waals surface area contributed by atoms with Crippen molar-refractivity contribution in [3.8, 4) is 5.75 Å². The van der Waals surface area contributed by atoms with Gasteiger partial charge in [-0.1, -0.05) is 28.1 Å². The molecule has 0 unspecified atom stereocenters. The van der Waals surface area contributed by atoms with Crippen LogP contribution in [0, 0.1) is 0 Å². The van der Waals surface area contributed by atoms with E-state index in [1.807, 2.05) is 18.2 Å². The van der Waals surface area contributed by atoms with E-state index in [2.05, 4.69) is 31.9 Å². The number of aliphatic hydroxyl groups is 1. The van der Waals surface area contributed by atoms with Gasteiger partial charge in [-0.15, -0.1) is 0 Å². The van der Waals surface area contributed by atoms with Crippen LogP contribution in [0.4, 0.5) is 0 Å². The van der Waals surface area contributed by atoms with Crippen LogP contribution < -0.4 is 4.74 Å². The monoisotopic (exact) mass is 320 g/mol. The second kappa shape index (κ2) is 5.53. The molecule has 0 aliphatic carbocycles. The van der Waals surface area contributed by atoms with E-state index in [1.165, 1.54) is 0 Å². The van der Waals surface area contributed by atoms with Crippen molar-refractivity contribution in [2.24, 2.45) is 0 Å². The number of hydrogen-bond donors (Lipinski definition) is 1. The second-order valence-electron chi connectivity index (χ2n) is 2.60. The first-order valence-electron chi connectivity index (χ1n) is 3.99. The highest BCUT2D eigenvalue weighted by Crippen LogP contribution is 2.33. The molecule has 0 aromatic heterocycles. The number of ether oxygens (including phenoxy) is 1. The smallest absolute Gasteiger partial charge is 0.140 e. The molecule has 0 spiro atoms. The molecule has 76 valence electrons. The first kappa shape index (κ1) is 11.8. The van der Waals surface area contributed by atoms with Gasteiger partial charge >= 0.3 is 0 Å². The van der Waals surface area contributed by atoms with Gasteiger partial charge in [-0.25, -0.2) is 0 Å². The molecule has 0 saturated heterocycles. The first-order chi connectivity index (χ1) is 6.69. The predicted octanol–water partition coefficient (Wildman–Crippen LogP) is 3.23. The Labute approximate surface area is 99.8 Å². The summed E-state index contributed by atoms with van der Waals surface area (Å²) >= 11 is 6.78. The van der Waals surface area contributed by atoms with Crippen LogP contribution in [0.25, 0.3) is 6.08 Å². The Bertz CT molecular complexity index is 348. The van der Waals surface area contributed by atoms with Gasteiger partial charge in [0.2, 0.25) is 0 Å². The zero-order chi connectivity index (χ0) is 10.6. The number of halogens is 2. The van der Waals surface area contributed by atoms with Crippen LogP contribution in [0.1, 0.15) is 5.56 Å². The van der Waals surface area contributed by atoms with Crippen molar-refractivity contribution >= 4 is 37.9 Å². The van der Waals surface area contributed by atoms with Crippen molar-refractivity contribution < 1.29 is 9.84 Å². The van der Waals surface area contributed by atoms with E-state index in [-0.39, 0.29) is 6.61 Å². The van der Waals surface area contributed by atoms with E-state index >= 15 is 0 Å². The summed E-state index contributed by atoms with van der Waals surface area (Å²) in [5.74, 6) is 0.762. The van der Waals surface area contributed by atoms with E-state index < -0.39 is 0 Å². The Morgan fingerprint density at radius 1 is 1.43 bits per heavy atom. The molecule has 0 heterocycles. The molecule has 0 saturated carbocycles. The summed E-state index contributed by atoms with van der Waals surface area (Å²) in [7, 11) is 1.62. The number of benzene rings is 1. The van der Waals surface area contributed by atoms with Gasteiger partial charge in [0, 0.05) is 10.0 Å². The fourth-order valence-corrected chi connectivity index (χ4v) is 2.52. The van der Waals surface area contributed by atoms with Crippen molar-refractivity contribution in [3.63, 3.8) is 0 Å². The van der Waals surface area contributed by atoms with E-state index in [0.29, 0.717) is 0 Å². The number of rotatable bonds is 3. The fraction of sp³-hybridized carbons (Fsp3) is 0.200. The van der Waals surface area contributed by atoms with Gasteiger partial charge in [0.1, 0.15) is 5.75 Å². The molecule has 0 radical (unpaired) electrons. The van der Waals surface area contributed by atoms with Crippen LogP contribution >= 0.6 is 31.9 Å². The summed E-state index contributed by atoms with van der Waals surface area (Å²) < 4.78 is 7.07. The summed E-state index contributed by atoms with van der Waals surface area (Å²) in [5.41, 5.74) is 0.919. The van der Waals surface area contributed by atoms with E-state index in [1.54, 1.807) is 13.2 Å². The Balaban J connectivity index is 3.18. The van der Waals surface area contributed by atoms with E-state index in [4.69, 9.17) is 9.84 Å². The summed E-state index contributed by atoms with van der Waals surface area (Å²) in [6.07, 6.45) is 3.48. The van der Waals surface area contributed by atoms with Gasteiger partial charge in [0.15, 0.2) is 0 Å². The van der Waals surface area contributed by atoms with Crippen LogP contribution in [0.2, 0.25) is 0 Å². The van der Waals surface area contributed by atoms with Gasteiger partial charge in [0.25, 0.3) is 0 Å². The van der Waals surface area contributed by atoms with E-state index in [0.717, 1.165) is 20.3 Å². The number of hydrogen-bond acceptors (Lipinski definition) is 2. The van der Waals surface area contributed by atoms with E-state index in [9.17, 15) is 0 Å². The highest BCUT2D eigenvalue weighted by molar-refractivity contribution is 9.11. The van der Waals surface area contributed by atoms with Crippen molar-refractivity contribution in [1.29, 1.82) is 0 Å². The molecule has 1 rings (SSSR count). The van der Waals surface area contributed by atoms with Crippen molar-refractivity contribution in [1.82, 2.24) is 0 Å². The molecule has 0 atom stereocenters. The highest BCUT2D eigenvalue weighted by atomic mass is 79.9.